The molecule has 5 heteroatoms. The van der Waals surface area contributed by atoms with Gasteiger partial charge in [0.1, 0.15) is 5.76 Å². The smallest absolute Gasteiger partial charge is 0.270 e. The van der Waals surface area contributed by atoms with E-state index >= 15 is 0 Å². The fourth-order valence-corrected chi connectivity index (χ4v) is 2.68. The second-order valence-corrected chi connectivity index (χ2v) is 9.51. The highest BCUT2D eigenvalue weighted by molar-refractivity contribution is 6.70. The number of fused-ring (bicyclic) bond motifs is 1. The van der Waals surface area contributed by atoms with Crippen LogP contribution in [0.25, 0.3) is 5.76 Å². The minimum atomic E-state index is -1.67. The molecule has 0 atom stereocenters. The predicted molar refractivity (Wildman–Crippen MR) is 69.2 cm³/mol. The Morgan fingerprint density at radius 2 is 2.06 bits per heavy atom. The molecule has 17 heavy (non-hydrogen) atoms. The normalized spacial score (nSPS) is 14.2. The molecule has 4 nitrogen and oxygen atoms in total. The lowest BCUT2D eigenvalue weighted by Crippen LogP contribution is -2.24. The Balaban J connectivity index is 2.34. The number of hydrogen-bond donors (Lipinski definition) is 0. The standard InChI is InChI=1S/C12H15NO3Si/c1-17(2,3)16-12-7-5-9-4-6-10(13(14)15)8-11(9)12/h4,6-8H,5H2,1-3H3. The van der Waals surface area contributed by atoms with Crippen LogP contribution in [0.2, 0.25) is 19.6 Å². The molecule has 0 spiro atoms. The molecule has 0 bridgehead atoms. The molecule has 1 aliphatic rings. The average molecular weight is 249 g/mol. The van der Waals surface area contributed by atoms with Crippen LogP contribution in [0.4, 0.5) is 5.69 Å². The Kier molecular flexibility index (Phi) is 2.78. The van der Waals surface area contributed by atoms with Crippen molar-refractivity contribution < 1.29 is 9.35 Å². The van der Waals surface area contributed by atoms with E-state index < -0.39 is 8.32 Å². The molecule has 1 aliphatic carbocycles. The number of nitro benzene ring substituents is 1. The number of nitro groups is 1. The molecule has 0 saturated carbocycles. The molecule has 0 aromatic heterocycles. The summed E-state index contributed by atoms with van der Waals surface area (Å²) in [5.74, 6) is 0.808. The van der Waals surface area contributed by atoms with E-state index in [1.54, 1.807) is 12.1 Å². The molecule has 1 aromatic rings. The van der Waals surface area contributed by atoms with Gasteiger partial charge in [0.15, 0.2) is 0 Å². The Morgan fingerprint density at radius 3 is 2.65 bits per heavy atom. The highest BCUT2D eigenvalue weighted by Gasteiger charge is 2.24. The van der Waals surface area contributed by atoms with Gasteiger partial charge in [-0.3, -0.25) is 10.1 Å². The maximum atomic E-state index is 10.7. The molecule has 0 aliphatic heterocycles. The molecule has 0 saturated heterocycles. The van der Waals surface area contributed by atoms with Gasteiger partial charge < -0.3 is 4.43 Å². The van der Waals surface area contributed by atoms with E-state index in [1.807, 2.05) is 12.1 Å². The topological polar surface area (TPSA) is 52.4 Å². The quantitative estimate of drug-likeness (QED) is 0.469. The third-order valence-electron chi connectivity index (χ3n) is 2.49. The Labute approximate surface area is 101 Å². The summed E-state index contributed by atoms with van der Waals surface area (Å²) in [5, 5.41) is 10.7. The zero-order chi connectivity index (χ0) is 12.6. The summed E-state index contributed by atoms with van der Waals surface area (Å²) < 4.78 is 5.94. The van der Waals surface area contributed by atoms with Gasteiger partial charge in [-0.15, -0.1) is 0 Å². The number of benzene rings is 1. The van der Waals surface area contributed by atoms with Gasteiger partial charge >= 0.3 is 0 Å². The molecule has 0 N–H and O–H groups in total. The van der Waals surface area contributed by atoms with Crippen LogP contribution in [-0.2, 0) is 10.8 Å². The predicted octanol–water partition coefficient (Wildman–Crippen LogP) is 3.34. The van der Waals surface area contributed by atoms with Gasteiger partial charge in [0.2, 0.25) is 8.32 Å². The number of rotatable bonds is 3. The minimum absolute atomic E-state index is 0.121. The van der Waals surface area contributed by atoms with Gasteiger partial charge in [0.05, 0.1) is 4.92 Å². The van der Waals surface area contributed by atoms with Crippen molar-refractivity contribution >= 4 is 19.8 Å². The van der Waals surface area contributed by atoms with Crippen molar-refractivity contribution in [1.82, 2.24) is 0 Å². The van der Waals surface area contributed by atoms with Crippen LogP contribution in [0, 0.1) is 10.1 Å². The van der Waals surface area contributed by atoms with Gasteiger partial charge in [0, 0.05) is 17.7 Å². The maximum Gasteiger partial charge on any atom is 0.270 e. The summed E-state index contributed by atoms with van der Waals surface area (Å²) in [5.41, 5.74) is 2.10. The Bertz CT molecular complexity index is 503. The lowest BCUT2D eigenvalue weighted by Gasteiger charge is -2.20. The lowest BCUT2D eigenvalue weighted by molar-refractivity contribution is -0.384. The van der Waals surface area contributed by atoms with Crippen molar-refractivity contribution in [2.45, 2.75) is 26.1 Å². The van der Waals surface area contributed by atoms with Gasteiger partial charge in [-0.05, 0) is 37.7 Å². The minimum Gasteiger partial charge on any atom is -0.544 e. The SMILES string of the molecule is C[Si](C)(C)OC1=CCc2ccc([N+](=O)[O-])cc21. The number of hydrogen-bond acceptors (Lipinski definition) is 3. The van der Waals surface area contributed by atoms with Crippen LogP contribution < -0.4 is 0 Å². The van der Waals surface area contributed by atoms with Crippen molar-refractivity contribution in [2.24, 2.45) is 0 Å². The van der Waals surface area contributed by atoms with E-state index in [-0.39, 0.29) is 10.6 Å². The van der Waals surface area contributed by atoms with Crippen molar-refractivity contribution in [3.05, 3.63) is 45.5 Å². The summed E-state index contributed by atoms with van der Waals surface area (Å²) in [6.07, 6.45) is 2.81. The fourth-order valence-electron chi connectivity index (χ4n) is 1.82. The highest BCUT2D eigenvalue weighted by atomic mass is 28.4. The van der Waals surface area contributed by atoms with E-state index in [0.29, 0.717) is 0 Å². The van der Waals surface area contributed by atoms with Gasteiger partial charge in [0.25, 0.3) is 5.69 Å². The van der Waals surface area contributed by atoms with Gasteiger partial charge in [-0.2, -0.15) is 0 Å². The molecule has 90 valence electrons. The second-order valence-electron chi connectivity index (χ2n) is 5.09. The van der Waals surface area contributed by atoms with Gasteiger partial charge in [-0.25, -0.2) is 0 Å². The number of allylic oxidation sites excluding steroid dienone is 1. The third-order valence-corrected chi connectivity index (χ3v) is 3.33. The fraction of sp³-hybridized carbons (Fsp3) is 0.333. The van der Waals surface area contributed by atoms with Crippen LogP contribution in [-0.4, -0.2) is 13.2 Å². The van der Waals surface area contributed by atoms with Crippen LogP contribution in [0.15, 0.2) is 24.3 Å². The highest BCUT2D eigenvalue weighted by Crippen LogP contribution is 2.33. The number of nitrogens with zero attached hydrogens (tertiary/aromatic N) is 1. The molecular formula is C12H15NO3Si. The molecule has 0 fully saturated rings. The molecular weight excluding hydrogens is 234 g/mol. The van der Waals surface area contributed by atoms with E-state index in [1.165, 1.54) is 0 Å². The molecule has 0 heterocycles. The monoisotopic (exact) mass is 249 g/mol. The van der Waals surface area contributed by atoms with E-state index in [9.17, 15) is 10.1 Å². The first-order chi connectivity index (χ1) is 7.87. The van der Waals surface area contributed by atoms with E-state index in [4.69, 9.17) is 4.43 Å². The molecule has 0 radical (unpaired) electrons. The Morgan fingerprint density at radius 1 is 1.35 bits per heavy atom. The van der Waals surface area contributed by atoms with Crippen LogP contribution in [0.5, 0.6) is 0 Å². The van der Waals surface area contributed by atoms with Crippen LogP contribution in [0.1, 0.15) is 11.1 Å². The summed E-state index contributed by atoms with van der Waals surface area (Å²) in [7, 11) is -1.67. The zero-order valence-electron chi connectivity index (χ0n) is 10.2. The van der Waals surface area contributed by atoms with Crippen molar-refractivity contribution in [3.8, 4) is 0 Å². The van der Waals surface area contributed by atoms with Crippen molar-refractivity contribution in [2.75, 3.05) is 0 Å². The lowest BCUT2D eigenvalue weighted by atomic mass is 10.1. The maximum absolute atomic E-state index is 10.7. The van der Waals surface area contributed by atoms with Crippen molar-refractivity contribution in [1.29, 1.82) is 0 Å². The second kappa shape index (κ2) is 3.99. The first kappa shape index (κ1) is 11.9. The van der Waals surface area contributed by atoms with Crippen LogP contribution >= 0.6 is 0 Å². The van der Waals surface area contributed by atoms with Crippen LogP contribution in [0.3, 0.4) is 0 Å². The zero-order valence-corrected chi connectivity index (χ0v) is 11.2. The molecule has 0 amide bonds. The van der Waals surface area contributed by atoms with E-state index in [0.717, 1.165) is 23.3 Å². The molecule has 0 unspecified atom stereocenters. The van der Waals surface area contributed by atoms with Gasteiger partial charge in [-0.1, -0.05) is 6.07 Å². The average Bonchev–Trinajstić information content (AvgIpc) is 2.58. The summed E-state index contributed by atoms with van der Waals surface area (Å²) >= 11 is 0. The summed E-state index contributed by atoms with van der Waals surface area (Å²) in [4.78, 5) is 10.4. The first-order valence-corrected chi connectivity index (χ1v) is 8.94. The summed E-state index contributed by atoms with van der Waals surface area (Å²) in [6, 6.07) is 4.96. The largest absolute Gasteiger partial charge is 0.544 e. The number of non-ortho nitro benzene ring substituents is 1. The third kappa shape index (κ3) is 2.55. The molecule has 1 aromatic carbocycles. The molecule has 2 rings (SSSR count). The summed E-state index contributed by atoms with van der Waals surface area (Å²) in [6.45, 7) is 6.30. The van der Waals surface area contributed by atoms with Crippen molar-refractivity contribution in [3.63, 3.8) is 0 Å². The first-order valence-electron chi connectivity index (χ1n) is 5.54. The van der Waals surface area contributed by atoms with E-state index in [2.05, 4.69) is 19.6 Å². The Hall–Kier alpha value is -1.62.